The summed E-state index contributed by atoms with van der Waals surface area (Å²) in [5, 5.41) is 19.2. The molecule has 0 amide bonds. The Hall–Kier alpha value is -1.22. The van der Waals surface area contributed by atoms with Crippen molar-refractivity contribution in [1.82, 2.24) is 0 Å². The zero-order chi connectivity index (χ0) is 12.2. The van der Waals surface area contributed by atoms with Crippen LogP contribution in [0.25, 0.3) is 0 Å². The molecule has 3 heteroatoms. The average molecular weight is 224 g/mol. The zero-order valence-corrected chi connectivity index (χ0v) is 10.4. The molecule has 0 aliphatic carbocycles. The third kappa shape index (κ3) is 2.67. The molecule has 0 aliphatic rings. The normalized spacial score (nSPS) is 11.7. The van der Waals surface area contributed by atoms with E-state index in [1.54, 1.807) is 12.1 Å². The molecule has 1 aromatic carbocycles. The van der Waals surface area contributed by atoms with Gasteiger partial charge in [0.05, 0.1) is 25.2 Å². The van der Waals surface area contributed by atoms with Crippen LogP contribution in [0, 0.1) is 0 Å². The van der Waals surface area contributed by atoms with Crippen LogP contribution in [-0.4, -0.2) is 34.3 Å². The van der Waals surface area contributed by atoms with Gasteiger partial charge in [0.15, 0.2) is 0 Å². The first-order valence-corrected chi connectivity index (χ1v) is 5.93. The maximum Gasteiger partial charge on any atom is 0.124 e. The van der Waals surface area contributed by atoms with Crippen molar-refractivity contribution in [3.63, 3.8) is 0 Å². The Morgan fingerprint density at radius 2 is 1.56 bits per heavy atom. The van der Waals surface area contributed by atoms with E-state index in [0.717, 1.165) is 36.2 Å². The van der Waals surface area contributed by atoms with Gasteiger partial charge < -0.3 is 14.7 Å². The Morgan fingerprint density at radius 1 is 1.00 bits per heavy atom. The van der Waals surface area contributed by atoms with Crippen LogP contribution < -0.4 is 0 Å². The molecule has 16 heavy (non-hydrogen) atoms. The molecule has 0 spiro atoms. The van der Waals surface area contributed by atoms with Gasteiger partial charge in [0.25, 0.3) is 0 Å². The van der Waals surface area contributed by atoms with Gasteiger partial charge in [0.2, 0.25) is 0 Å². The lowest BCUT2D eigenvalue weighted by Gasteiger charge is -2.36. The fraction of sp³-hybridized carbons (Fsp3) is 0.538. The van der Waals surface area contributed by atoms with Gasteiger partial charge in [-0.25, -0.2) is 0 Å². The van der Waals surface area contributed by atoms with Crippen LogP contribution in [0.2, 0.25) is 0 Å². The zero-order valence-electron chi connectivity index (χ0n) is 10.4. The van der Waals surface area contributed by atoms with E-state index in [1.807, 2.05) is 0 Å². The summed E-state index contributed by atoms with van der Waals surface area (Å²) in [6.45, 7) is 10.3. The van der Waals surface area contributed by atoms with Crippen LogP contribution in [0.3, 0.4) is 0 Å². The molecule has 1 aromatic rings. The molecule has 0 fully saturated rings. The molecule has 1 rings (SSSR count). The molecular formula is C13H22NO2+. The van der Waals surface area contributed by atoms with Crippen LogP contribution in [0.1, 0.15) is 26.3 Å². The van der Waals surface area contributed by atoms with Gasteiger partial charge in [-0.2, -0.15) is 0 Å². The van der Waals surface area contributed by atoms with Crippen LogP contribution in [-0.2, 0) is 6.54 Å². The van der Waals surface area contributed by atoms with Crippen LogP contribution in [0.5, 0.6) is 11.5 Å². The highest BCUT2D eigenvalue weighted by Crippen LogP contribution is 2.26. The molecule has 3 nitrogen and oxygen atoms in total. The van der Waals surface area contributed by atoms with Crippen molar-refractivity contribution in [3.8, 4) is 11.5 Å². The van der Waals surface area contributed by atoms with Gasteiger partial charge in [-0.3, -0.25) is 0 Å². The molecule has 0 atom stereocenters. The maximum absolute atomic E-state index is 9.76. The predicted octanol–water partition coefficient (Wildman–Crippen LogP) is 2.47. The number of phenolic OH excluding ortho intramolecular Hbond substituents is 2. The van der Waals surface area contributed by atoms with Crippen molar-refractivity contribution in [1.29, 1.82) is 0 Å². The lowest BCUT2D eigenvalue weighted by Crippen LogP contribution is -2.46. The summed E-state index contributed by atoms with van der Waals surface area (Å²) in [6.07, 6.45) is 0. The van der Waals surface area contributed by atoms with Crippen molar-refractivity contribution in [2.24, 2.45) is 0 Å². The quantitative estimate of drug-likeness (QED) is 0.596. The molecule has 0 radical (unpaired) electrons. The Bertz CT molecular complexity index is 338. The van der Waals surface area contributed by atoms with Gasteiger partial charge in [-0.15, -0.1) is 0 Å². The fourth-order valence-electron chi connectivity index (χ4n) is 2.07. The molecule has 2 N–H and O–H groups in total. The molecule has 0 saturated heterocycles. The van der Waals surface area contributed by atoms with Crippen molar-refractivity contribution >= 4 is 0 Å². The smallest absolute Gasteiger partial charge is 0.124 e. The van der Waals surface area contributed by atoms with Gasteiger partial charge in [0.1, 0.15) is 18.0 Å². The SMILES string of the molecule is CC[N+](CC)(CC)Cc1cc(O)ccc1O. The van der Waals surface area contributed by atoms with Gasteiger partial charge in [0, 0.05) is 0 Å². The summed E-state index contributed by atoms with van der Waals surface area (Å²) >= 11 is 0. The van der Waals surface area contributed by atoms with Gasteiger partial charge in [-0.1, -0.05) is 0 Å². The number of hydrogen-bond acceptors (Lipinski definition) is 2. The highest BCUT2D eigenvalue weighted by molar-refractivity contribution is 5.38. The first kappa shape index (κ1) is 12.8. The number of hydrogen-bond donors (Lipinski definition) is 2. The second-order valence-electron chi connectivity index (χ2n) is 4.26. The number of benzene rings is 1. The molecule has 90 valence electrons. The molecule has 0 bridgehead atoms. The monoisotopic (exact) mass is 224 g/mol. The number of nitrogens with zero attached hydrogens (tertiary/aromatic N) is 1. The van der Waals surface area contributed by atoms with Crippen LogP contribution in [0.15, 0.2) is 18.2 Å². The Balaban J connectivity index is 2.97. The van der Waals surface area contributed by atoms with Crippen LogP contribution >= 0.6 is 0 Å². The Kier molecular flexibility index (Phi) is 4.19. The van der Waals surface area contributed by atoms with E-state index in [1.165, 1.54) is 6.07 Å². The van der Waals surface area contributed by atoms with Crippen LogP contribution in [0.4, 0.5) is 0 Å². The Morgan fingerprint density at radius 3 is 2.06 bits per heavy atom. The molecular weight excluding hydrogens is 202 g/mol. The lowest BCUT2D eigenvalue weighted by atomic mass is 10.1. The van der Waals surface area contributed by atoms with E-state index in [9.17, 15) is 10.2 Å². The summed E-state index contributed by atoms with van der Waals surface area (Å²) in [6, 6.07) is 4.72. The third-order valence-electron chi connectivity index (χ3n) is 3.58. The number of rotatable bonds is 5. The largest absolute Gasteiger partial charge is 0.508 e. The molecule has 0 saturated carbocycles. The standard InChI is InChI=1S/C13H21NO2/c1-4-14(5-2,6-3)10-11-9-12(15)7-8-13(11)16/h7-9H,4-6,10H2,1-3H3,(H-,15,16)/p+1. The lowest BCUT2D eigenvalue weighted by molar-refractivity contribution is -0.936. The van der Waals surface area contributed by atoms with Crippen molar-refractivity contribution in [2.75, 3.05) is 19.6 Å². The predicted molar refractivity (Wildman–Crippen MR) is 65.4 cm³/mol. The second-order valence-corrected chi connectivity index (χ2v) is 4.26. The third-order valence-corrected chi connectivity index (χ3v) is 3.58. The van der Waals surface area contributed by atoms with E-state index in [4.69, 9.17) is 0 Å². The maximum atomic E-state index is 9.76. The van der Waals surface area contributed by atoms with Crippen molar-refractivity contribution < 1.29 is 14.7 Å². The minimum atomic E-state index is 0.217. The summed E-state index contributed by atoms with van der Waals surface area (Å²) in [7, 11) is 0. The summed E-state index contributed by atoms with van der Waals surface area (Å²) in [4.78, 5) is 0. The fourth-order valence-corrected chi connectivity index (χ4v) is 2.07. The molecule has 0 aliphatic heterocycles. The van der Waals surface area contributed by atoms with Crippen molar-refractivity contribution in [2.45, 2.75) is 27.3 Å². The number of aromatic hydroxyl groups is 2. The minimum Gasteiger partial charge on any atom is -0.508 e. The van der Waals surface area contributed by atoms with E-state index in [-0.39, 0.29) is 11.5 Å². The van der Waals surface area contributed by atoms with Gasteiger partial charge >= 0.3 is 0 Å². The summed E-state index contributed by atoms with van der Waals surface area (Å²) in [5.74, 6) is 0.491. The summed E-state index contributed by atoms with van der Waals surface area (Å²) in [5.41, 5.74) is 0.825. The van der Waals surface area contributed by atoms with E-state index < -0.39 is 0 Å². The van der Waals surface area contributed by atoms with E-state index in [0.29, 0.717) is 0 Å². The second kappa shape index (κ2) is 5.21. The topological polar surface area (TPSA) is 40.5 Å². The van der Waals surface area contributed by atoms with E-state index >= 15 is 0 Å². The first-order valence-electron chi connectivity index (χ1n) is 5.93. The number of phenols is 2. The average Bonchev–Trinajstić information content (AvgIpc) is 2.31. The number of quaternary nitrogens is 1. The first-order chi connectivity index (χ1) is 7.56. The summed E-state index contributed by atoms with van der Waals surface area (Å²) < 4.78 is 0.928. The highest BCUT2D eigenvalue weighted by atomic mass is 16.3. The van der Waals surface area contributed by atoms with Gasteiger partial charge in [-0.05, 0) is 39.0 Å². The Labute approximate surface area is 97.5 Å². The van der Waals surface area contributed by atoms with Crippen molar-refractivity contribution in [3.05, 3.63) is 23.8 Å². The molecule has 0 unspecified atom stereocenters. The molecule has 0 aromatic heterocycles. The van der Waals surface area contributed by atoms with E-state index in [2.05, 4.69) is 20.8 Å². The minimum absolute atomic E-state index is 0.217. The molecule has 0 heterocycles. The highest BCUT2D eigenvalue weighted by Gasteiger charge is 2.22.